The van der Waals surface area contributed by atoms with E-state index in [0.717, 1.165) is 0 Å². The fourth-order valence-electron chi connectivity index (χ4n) is 1.79. The third kappa shape index (κ3) is 1.88. The Morgan fingerprint density at radius 2 is 2.06 bits per heavy atom. The molecule has 0 spiro atoms. The van der Waals surface area contributed by atoms with E-state index in [1.54, 1.807) is 19.1 Å². The highest BCUT2D eigenvalue weighted by Gasteiger charge is 2.26. The first kappa shape index (κ1) is 12.0. The van der Waals surface area contributed by atoms with Crippen LogP contribution in [0.5, 0.6) is 5.75 Å². The highest BCUT2D eigenvalue weighted by atomic mass is 16.4. The summed E-state index contributed by atoms with van der Waals surface area (Å²) in [5.74, 6) is -1.73. The molecule has 1 heterocycles. The average molecular weight is 248 g/mol. The number of carboxylic acids is 1. The number of nitrogens with one attached hydrogen (secondary N) is 2. The van der Waals surface area contributed by atoms with Crippen molar-refractivity contribution in [1.29, 1.82) is 0 Å². The van der Waals surface area contributed by atoms with E-state index in [4.69, 9.17) is 5.11 Å². The molecule has 0 radical (unpaired) electrons. The molecule has 0 bridgehead atoms. The Hall–Kier alpha value is -2.50. The van der Waals surface area contributed by atoms with Gasteiger partial charge in [0, 0.05) is 0 Å². The second-order valence-corrected chi connectivity index (χ2v) is 3.79. The van der Waals surface area contributed by atoms with Gasteiger partial charge in [-0.3, -0.25) is 4.79 Å². The second-order valence-electron chi connectivity index (χ2n) is 3.79. The van der Waals surface area contributed by atoms with E-state index in [0.29, 0.717) is 11.4 Å². The van der Waals surface area contributed by atoms with E-state index < -0.39 is 11.9 Å². The highest BCUT2D eigenvalue weighted by molar-refractivity contribution is 6.15. The lowest BCUT2D eigenvalue weighted by Crippen LogP contribution is -2.28. The predicted molar refractivity (Wildman–Crippen MR) is 65.3 cm³/mol. The van der Waals surface area contributed by atoms with Gasteiger partial charge < -0.3 is 20.8 Å². The minimum Gasteiger partial charge on any atom is -0.506 e. The van der Waals surface area contributed by atoms with Gasteiger partial charge >= 0.3 is 5.97 Å². The monoisotopic (exact) mass is 248 g/mol. The minimum absolute atomic E-state index is 0.0265. The number of rotatable bonds is 2. The van der Waals surface area contributed by atoms with E-state index in [1.165, 1.54) is 6.07 Å². The first-order valence-electron chi connectivity index (χ1n) is 5.41. The fourth-order valence-corrected chi connectivity index (χ4v) is 1.79. The van der Waals surface area contributed by atoms with Crippen LogP contribution in [0.25, 0.3) is 0 Å². The van der Waals surface area contributed by atoms with Gasteiger partial charge in [0.15, 0.2) is 0 Å². The third-order valence-corrected chi connectivity index (χ3v) is 2.68. The zero-order valence-corrected chi connectivity index (χ0v) is 9.65. The van der Waals surface area contributed by atoms with Gasteiger partial charge in [-0.2, -0.15) is 0 Å². The van der Waals surface area contributed by atoms with Crippen LogP contribution in [0, 0.1) is 0 Å². The fraction of sp³-hybridized carbons (Fsp3) is 0.167. The number of fused-ring (bicyclic) bond motifs is 1. The van der Waals surface area contributed by atoms with E-state index in [1.807, 2.05) is 0 Å². The maximum atomic E-state index is 11.8. The molecular weight excluding hydrogens is 236 g/mol. The van der Waals surface area contributed by atoms with Crippen molar-refractivity contribution < 1.29 is 19.8 Å². The van der Waals surface area contributed by atoms with Crippen LogP contribution in [-0.4, -0.2) is 22.1 Å². The molecule has 0 unspecified atom stereocenters. The number of benzene rings is 1. The summed E-state index contributed by atoms with van der Waals surface area (Å²) in [6.07, 6.45) is 0.202. The number of phenolic OH excluding ortho intramolecular Hbond substituents is 1. The number of aromatic hydroxyl groups is 1. The number of aliphatic carboxylic acids is 1. The van der Waals surface area contributed by atoms with Crippen LogP contribution in [-0.2, 0) is 9.59 Å². The van der Waals surface area contributed by atoms with Crippen LogP contribution in [0.1, 0.15) is 13.3 Å². The molecule has 0 fully saturated rings. The lowest BCUT2D eigenvalue weighted by atomic mass is 10.1. The van der Waals surface area contributed by atoms with Crippen molar-refractivity contribution >= 4 is 23.3 Å². The summed E-state index contributed by atoms with van der Waals surface area (Å²) in [5, 5.41) is 23.9. The van der Waals surface area contributed by atoms with Gasteiger partial charge in [-0.15, -0.1) is 0 Å². The van der Waals surface area contributed by atoms with Gasteiger partial charge in [0.25, 0.3) is 5.91 Å². The number of amides is 1. The molecule has 1 aromatic carbocycles. The number of anilines is 2. The zero-order valence-electron chi connectivity index (χ0n) is 9.65. The van der Waals surface area contributed by atoms with E-state index in [9.17, 15) is 14.7 Å². The topological polar surface area (TPSA) is 98.7 Å². The molecule has 1 aliphatic rings. The van der Waals surface area contributed by atoms with E-state index >= 15 is 0 Å². The third-order valence-electron chi connectivity index (χ3n) is 2.68. The smallest absolute Gasteiger partial charge is 0.333 e. The molecule has 4 N–H and O–H groups in total. The van der Waals surface area contributed by atoms with Crippen molar-refractivity contribution in [3.8, 4) is 5.75 Å². The maximum Gasteiger partial charge on any atom is 0.333 e. The predicted octanol–water partition coefficient (Wildman–Crippen LogP) is 1.50. The Labute approximate surface area is 103 Å². The summed E-state index contributed by atoms with van der Waals surface area (Å²) >= 11 is 0. The van der Waals surface area contributed by atoms with Crippen LogP contribution in [0.15, 0.2) is 29.5 Å². The van der Waals surface area contributed by atoms with Gasteiger partial charge in [0.05, 0.1) is 11.3 Å². The summed E-state index contributed by atoms with van der Waals surface area (Å²) in [7, 11) is 0. The number of carbonyl (C=O) groups is 2. The molecule has 94 valence electrons. The molecule has 1 aromatic rings. The minimum atomic E-state index is -1.16. The van der Waals surface area contributed by atoms with Crippen molar-refractivity contribution in [2.75, 3.05) is 10.6 Å². The van der Waals surface area contributed by atoms with Crippen molar-refractivity contribution in [2.24, 2.45) is 0 Å². The van der Waals surface area contributed by atoms with Crippen LogP contribution in [0.3, 0.4) is 0 Å². The molecule has 1 amide bonds. The van der Waals surface area contributed by atoms with Gasteiger partial charge in [-0.05, 0) is 18.6 Å². The Balaban J connectivity index is 2.54. The van der Waals surface area contributed by atoms with E-state index in [2.05, 4.69) is 10.6 Å². The molecule has 6 heteroatoms. The van der Waals surface area contributed by atoms with Crippen molar-refractivity contribution in [3.05, 3.63) is 29.5 Å². The normalized spacial score (nSPS) is 16.4. The molecular formula is C12H12N2O4. The van der Waals surface area contributed by atoms with Gasteiger partial charge in [-0.25, -0.2) is 4.79 Å². The Bertz CT molecular complexity index is 563. The molecule has 0 aliphatic carbocycles. The van der Waals surface area contributed by atoms with Gasteiger partial charge in [0.1, 0.15) is 17.1 Å². The second kappa shape index (κ2) is 4.40. The van der Waals surface area contributed by atoms with Crippen LogP contribution < -0.4 is 10.6 Å². The summed E-state index contributed by atoms with van der Waals surface area (Å²) in [6, 6.07) is 4.65. The number of hydrogen-bond donors (Lipinski definition) is 4. The molecule has 1 aliphatic heterocycles. The molecule has 0 atom stereocenters. The molecule has 0 aromatic heterocycles. The number of hydrogen-bond acceptors (Lipinski definition) is 4. The van der Waals surface area contributed by atoms with Crippen LogP contribution >= 0.6 is 0 Å². The largest absolute Gasteiger partial charge is 0.506 e. The SMILES string of the molecule is CCC(C(=O)O)=C1Nc2c(O)cccc2NC1=O. The summed E-state index contributed by atoms with van der Waals surface area (Å²) in [4.78, 5) is 22.8. The van der Waals surface area contributed by atoms with Crippen molar-refractivity contribution in [1.82, 2.24) is 0 Å². The molecule has 18 heavy (non-hydrogen) atoms. The van der Waals surface area contributed by atoms with Gasteiger partial charge in [0.2, 0.25) is 0 Å². The molecule has 0 saturated carbocycles. The maximum absolute atomic E-state index is 11.8. The number of carboxylic acid groups (broad SMARTS) is 1. The Morgan fingerprint density at radius 3 is 2.67 bits per heavy atom. The first-order valence-corrected chi connectivity index (χ1v) is 5.41. The number of para-hydroxylation sites is 1. The summed E-state index contributed by atoms with van der Waals surface area (Å²) < 4.78 is 0. The van der Waals surface area contributed by atoms with Crippen molar-refractivity contribution in [2.45, 2.75) is 13.3 Å². The lowest BCUT2D eigenvalue weighted by Gasteiger charge is -2.23. The molecule has 0 saturated heterocycles. The number of phenols is 1. The Morgan fingerprint density at radius 1 is 1.33 bits per heavy atom. The van der Waals surface area contributed by atoms with E-state index in [-0.39, 0.29) is 23.4 Å². The van der Waals surface area contributed by atoms with Crippen molar-refractivity contribution in [3.63, 3.8) is 0 Å². The zero-order chi connectivity index (χ0) is 13.3. The lowest BCUT2D eigenvalue weighted by molar-refractivity contribution is -0.133. The van der Waals surface area contributed by atoms with Gasteiger partial charge in [-0.1, -0.05) is 13.0 Å². The average Bonchev–Trinajstić information content (AvgIpc) is 2.31. The first-order chi connectivity index (χ1) is 8.54. The summed E-state index contributed by atoms with van der Waals surface area (Å²) in [6.45, 7) is 1.64. The Kier molecular flexibility index (Phi) is 2.93. The number of carbonyl (C=O) groups excluding carboxylic acids is 1. The highest BCUT2D eigenvalue weighted by Crippen LogP contribution is 2.36. The van der Waals surface area contributed by atoms with Crippen LogP contribution in [0.4, 0.5) is 11.4 Å². The van der Waals surface area contributed by atoms with Crippen LogP contribution in [0.2, 0.25) is 0 Å². The molecule has 2 rings (SSSR count). The standard InChI is InChI=1S/C12H12N2O4/c1-2-6(12(17)18)9-11(16)13-7-4-3-5-8(15)10(7)14-9/h3-5,14-15H,2H2,1H3,(H,13,16)(H,17,18). The summed E-state index contributed by atoms with van der Waals surface area (Å²) in [5.41, 5.74) is 0.657. The molecule has 6 nitrogen and oxygen atoms in total. The quantitative estimate of drug-likeness (QED) is 0.469.